The minimum Gasteiger partial charge on any atom is -0.491 e. The number of hydrogen-bond acceptors (Lipinski definition) is 4. The van der Waals surface area contributed by atoms with Crippen LogP contribution in [0.4, 0.5) is 0 Å². The van der Waals surface area contributed by atoms with Crippen LogP contribution < -0.4 is 4.74 Å². The lowest BCUT2D eigenvalue weighted by molar-refractivity contribution is -0.0786. The van der Waals surface area contributed by atoms with E-state index in [0.717, 1.165) is 31.7 Å². The van der Waals surface area contributed by atoms with Crippen LogP contribution in [0.1, 0.15) is 32.8 Å². The van der Waals surface area contributed by atoms with Gasteiger partial charge in [-0.05, 0) is 38.0 Å². The smallest absolute Gasteiger partial charge is 0.119 e. The molecule has 3 unspecified atom stereocenters. The second kappa shape index (κ2) is 8.51. The summed E-state index contributed by atoms with van der Waals surface area (Å²) < 4.78 is 11.4. The molecule has 0 amide bonds. The number of benzene rings is 1. The molecule has 4 heteroatoms. The summed E-state index contributed by atoms with van der Waals surface area (Å²) in [6, 6.07) is 8.15. The summed E-state index contributed by atoms with van der Waals surface area (Å²) in [5.41, 5.74) is 1.33. The molecule has 1 aliphatic heterocycles. The minimum absolute atomic E-state index is 0.225. The van der Waals surface area contributed by atoms with Crippen LogP contribution in [0, 0.1) is 0 Å². The lowest BCUT2D eigenvalue weighted by atomic mass is 10.1. The molecular weight excluding hydrogens is 278 g/mol. The van der Waals surface area contributed by atoms with E-state index in [0.29, 0.717) is 13.2 Å². The van der Waals surface area contributed by atoms with E-state index in [4.69, 9.17) is 9.47 Å². The van der Waals surface area contributed by atoms with Gasteiger partial charge in [0.2, 0.25) is 0 Å². The van der Waals surface area contributed by atoms with Crippen LogP contribution in [-0.4, -0.2) is 54.6 Å². The van der Waals surface area contributed by atoms with Gasteiger partial charge < -0.3 is 14.6 Å². The maximum Gasteiger partial charge on any atom is 0.119 e. The van der Waals surface area contributed by atoms with E-state index in [1.165, 1.54) is 5.56 Å². The first-order chi connectivity index (χ1) is 10.6. The summed E-state index contributed by atoms with van der Waals surface area (Å²) >= 11 is 0. The van der Waals surface area contributed by atoms with Crippen molar-refractivity contribution in [3.8, 4) is 5.75 Å². The molecule has 124 valence electrons. The highest BCUT2D eigenvalue weighted by molar-refractivity contribution is 5.27. The van der Waals surface area contributed by atoms with Gasteiger partial charge in [-0.3, -0.25) is 4.90 Å². The Balaban J connectivity index is 1.73. The monoisotopic (exact) mass is 307 g/mol. The Labute approximate surface area is 134 Å². The van der Waals surface area contributed by atoms with E-state index in [1.54, 1.807) is 0 Å². The van der Waals surface area contributed by atoms with Crippen molar-refractivity contribution >= 4 is 0 Å². The third kappa shape index (κ3) is 5.59. The number of hydrogen-bond donors (Lipinski definition) is 1. The number of β-amino-alcohol motifs (C(OH)–C–C–N with tert-alkyl or cyclic N) is 1. The molecule has 1 N–H and O–H groups in total. The number of aliphatic hydroxyl groups is 1. The van der Waals surface area contributed by atoms with Gasteiger partial charge in [0, 0.05) is 19.6 Å². The summed E-state index contributed by atoms with van der Waals surface area (Å²) in [5.74, 6) is 0.822. The van der Waals surface area contributed by atoms with Gasteiger partial charge in [-0.15, -0.1) is 0 Å². The van der Waals surface area contributed by atoms with Crippen LogP contribution >= 0.6 is 0 Å². The molecule has 22 heavy (non-hydrogen) atoms. The third-order valence-electron chi connectivity index (χ3n) is 3.87. The number of aryl methyl sites for hydroxylation is 1. The molecule has 1 fully saturated rings. The lowest BCUT2D eigenvalue weighted by Gasteiger charge is -2.36. The van der Waals surface area contributed by atoms with E-state index in [9.17, 15) is 5.11 Å². The first kappa shape index (κ1) is 17.3. The summed E-state index contributed by atoms with van der Waals surface area (Å²) in [7, 11) is 0. The first-order valence-corrected chi connectivity index (χ1v) is 8.34. The molecule has 0 aromatic heterocycles. The van der Waals surface area contributed by atoms with Crippen LogP contribution in [-0.2, 0) is 11.2 Å². The Kier molecular flexibility index (Phi) is 6.68. The fraction of sp³-hybridized carbons (Fsp3) is 0.667. The predicted molar refractivity (Wildman–Crippen MR) is 88.4 cm³/mol. The molecule has 3 atom stereocenters. The highest BCUT2D eigenvalue weighted by Gasteiger charge is 2.23. The van der Waals surface area contributed by atoms with Gasteiger partial charge in [-0.2, -0.15) is 0 Å². The van der Waals surface area contributed by atoms with Gasteiger partial charge in [-0.25, -0.2) is 0 Å². The number of rotatable bonds is 7. The Morgan fingerprint density at radius 2 is 1.86 bits per heavy atom. The average Bonchev–Trinajstić information content (AvgIpc) is 2.46. The normalized spacial score (nSPS) is 24.2. The standard InChI is InChI=1S/C18H29NO3/c1-4-5-16-6-8-18(9-7-16)21-13-17(20)12-19-10-14(2)22-15(3)11-19/h6-9,14-15,17,20H,4-5,10-13H2,1-3H3. The van der Waals surface area contributed by atoms with Crippen LogP contribution in [0.15, 0.2) is 24.3 Å². The van der Waals surface area contributed by atoms with E-state index in [2.05, 4.69) is 37.8 Å². The van der Waals surface area contributed by atoms with Gasteiger partial charge in [0.15, 0.2) is 0 Å². The molecule has 0 saturated carbocycles. The largest absolute Gasteiger partial charge is 0.491 e. The molecule has 1 aliphatic rings. The van der Waals surface area contributed by atoms with Crippen LogP contribution in [0.25, 0.3) is 0 Å². The Hall–Kier alpha value is -1.10. The van der Waals surface area contributed by atoms with Gasteiger partial charge >= 0.3 is 0 Å². The quantitative estimate of drug-likeness (QED) is 0.840. The Morgan fingerprint density at radius 3 is 2.45 bits per heavy atom. The van der Waals surface area contributed by atoms with Gasteiger partial charge in [0.1, 0.15) is 18.5 Å². The SMILES string of the molecule is CCCc1ccc(OCC(O)CN2CC(C)OC(C)C2)cc1. The lowest BCUT2D eigenvalue weighted by Crippen LogP contribution is -2.48. The number of aliphatic hydroxyl groups excluding tert-OH is 1. The molecule has 0 aliphatic carbocycles. The van der Waals surface area contributed by atoms with Crippen LogP contribution in [0.2, 0.25) is 0 Å². The highest BCUT2D eigenvalue weighted by Crippen LogP contribution is 2.14. The summed E-state index contributed by atoms with van der Waals surface area (Å²) in [6.07, 6.45) is 2.21. The molecule has 0 bridgehead atoms. The van der Waals surface area contributed by atoms with Crippen molar-refractivity contribution in [3.05, 3.63) is 29.8 Å². The summed E-state index contributed by atoms with van der Waals surface area (Å²) in [5, 5.41) is 10.2. The average molecular weight is 307 g/mol. The van der Waals surface area contributed by atoms with Crippen molar-refractivity contribution in [1.82, 2.24) is 4.90 Å². The zero-order valence-corrected chi connectivity index (χ0v) is 14.0. The van der Waals surface area contributed by atoms with Crippen molar-refractivity contribution in [1.29, 1.82) is 0 Å². The molecule has 4 nitrogen and oxygen atoms in total. The molecular formula is C18H29NO3. The molecule has 0 spiro atoms. The fourth-order valence-electron chi connectivity index (χ4n) is 3.02. The molecule has 0 radical (unpaired) electrons. The van der Waals surface area contributed by atoms with Crippen molar-refractivity contribution in [2.75, 3.05) is 26.2 Å². The topological polar surface area (TPSA) is 41.9 Å². The van der Waals surface area contributed by atoms with Crippen molar-refractivity contribution in [2.45, 2.75) is 51.9 Å². The summed E-state index contributed by atoms with van der Waals surface area (Å²) in [4.78, 5) is 2.25. The molecule has 1 heterocycles. The van der Waals surface area contributed by atoms with Crippen molar-refractivity contribution in [2.24, 2.45) is 0 Å². The molecule has 2 rings (SSSR count). The Bertz CT molecular complexity index is 424. The maximum absolute atomic E-state index is 10.2. The first-order valence-electron chi connectivity index (χ1n) is 8.34. The van der Waals surface area contributed by atoms with Crippen molar-refractivity contribution < 1.29 is 14.6 Å². The summed E-state index contributed by atoms with van der Waals surface area (Å²) in [6.45, 7) is 9.01. The minimum atomic E-state index is -0.479. The van der Waals surface area contributed by atoms with E-state index in [-0.39, 0.29) is 12.2 Å². The molecule has 1 saturated heterocycles. The molecule has 1 aromatic carbocycles. The van der Waals surface area contributed by atoms with Gasteiger partial charge in [-0.1, -0.05) is 25.5 Å². The second-order valence-corrected chi connectivity index (χ2v) is 6.33. The highest BCUT2D eigenvalue weighted by atomic mass is 16.5. The van der Waals surface area contributed by atoms with E-state index >= 15 is 0 Å². The fourth-order valence-corrected chi connectivity index (χ4v) is 3.02. The van der Waals surface area contributed by atoms with Crippen LogP contribution in [0.5, 0.6) is 5.75 Å². The number of nitrogens with zero attached hydrogens (tertiary/aromatic N) is 1. The maximum atomic E-state index is 10.2. The van der Waals surface area contributed by atoms with Crippen molar-refractivity contribution in [3.63, 3.8) is 0 Å². The second-order valence-electron chi connectivity index (χ2n) is 6.33. The Morgan fingerprint density at radius 1 is 1.23 bits per heavy atom. The zero-order valence-electron chi connectivity index (χ0n) is 14.0. The molecule has 1 aromatic rings. The predicted octanol–water partition coefficient (Wildman–Crippen LogP) is 2.49. The van der Waals surface area contributed by atoms with E-state index in [1.807, 2.05) is 12.1 Å². The van der Waals surface area contributed by atoms with E-state index < -0.39 is 6.10 Å². The number of ether oxygens (including phenoxy) is 2. The third-order valence-corrected chi connectivity index (χ3v) is 3.87. The zero-order chi connectivity index (χ0) is 15.9. The van der Waals surface area contributed by atoms with Gasteiger partial charge in [0.25, 0.3) is 0 Å². The number of morpholine rings is 1. The van der Waals surface area contributed by atoms with Crippen LogP contribution in [0.3, 0.4) is 0 Å². The van der Waals surface area contributed by atoms with Gasteiger partial charge in [0.05, 0.1) is 12.2 Å².